The normalized spacial score (nSPS) is 23.4. The van der Waals surface area contributed by atoms with E-state index in [4.69, 9.17) is 4.74 Å². The maximum atomic E-state index is 12.5. The Bertz CT molecular complexity index is 461. The number of carbonyl (C=O) groups is 3. The second-order valence-corrected chi connectivity index (χ2v) is 5.00. The van der Waals surface area contributed by atoms with Crippen molar-refractivity contribution in [2.45, 2.75) is 38.1 Å². The highest BCUT2D eigenvalue weighted by atomic mass is 16.5. The maximum Gasteiger partial charge on any atom is 0.328 e. The number of methoxy groups -OCH3 is 1. The number of ether oxygens (including phenoxy) is 1. The topological polar surface area (TPSA) is 79.3 Å². The van der Waals surface area contributed by atoms with Gasteiger partial charge in [0.2, 0.25) is 5.91 Å². The molecule has 0 radical (unpaired) electrons. The van der Waals surface area contributed by atoms with Gasteiger partial charge in [0.15, 0.2) is 0 Å². The molecule has 2 aliphatic rings. The lowest BCUT2D eigenvalue weighted by Crippen LogP contribution is -2.51. The number of amides is 2. The van der Waals surface area contributed by atoms with Gasteiger partial charge in [-0.15, -0.1) is 0 Å². The summed E-state index contributed by atoms with van der Waals surface area (Å²) in [4.78, 5) is 37.1. The summed E-state index contributed by atoms with van der Waals surface area (Å²) in [6.07, 6.45) is 2.97. The summed E-state index contributed by atoms with van der Waals surface area (Å²) >= 11 is 0. The molecule has 2 heterocycles. The van der Waals surface area contributed by atoms with Crippen molar-refractivity contribution in [3.8, 4) is 0 Å². The minimum absolute atomic E-state index is 0.107. The summed E-state index contributed by atoms with van der Waals surface area (Å²) in [5.74, 6) is -0.761. The smallest absolute Gasteiger partial charge is 0.328 e. The van der Waals surface area contributed by atoms with E-state index in [0.717, 1.165) is 12.8 Å². The summed E-state index contributed by atoms with van der Waals surface area (Å²) < 4.78 is 4.76. The van der Waals surface area contributed by atoms with Crippen LogP contribution in [0.15, 0.2) is 5.10 Å². The first kappa shape index (κ1) is 14.5. The third kappa shape index (κ3) is 2.81. The quantitative estimate of drug-likeness (QED) is 0.675. The first-order valence-electron chi connectivity index (χ1n) is 6.77. The van der Waals surface area contributed by atoms with Gasteiger partial charge in [-0.05, 0) is 19.3 Å². The first-order chi connectivity index (χ1) is 9.54. The molecule has 0 unspecified atom stereocenters. The predicted octanol–water partition coefficient (Wildman–Crippen LogP) is 0.149. The second kappa shape index (κ2) is 6.02. The molecule has 0 spiro atoms. The second-order valence-electron chi connectivity index (χ2n) is 5.00. The average molecular weight is 281 g/mol. The number of likely N-dealkylation sites (tertiary alicyclic amines) is 1. The Kier molecular flexibility index (Phi) is 4.36. The average Bonchev–Trinajstić information content (AvgIpc) is 2.48. The van der Waals surface area contributed by atoms with Gasteiger partial charge in [-0.3, -0.25) is 9.59 Å². The van der Waals surface area contributed by atoms with Crippen LogP contribution in [-0.4, -0.2) is 60.1 Å². The Morgan fingerprint density at radius 1 is 1.30 bits per heavy atom. The van der Waals surface area contributed by atoms with E-state index in [1.807, 2.05) is 0 Å². The number of nitrogens with zero attached hydrogens (tertiary/aromatic N) is 3. The molecule has 7 heteroatoms. The van der Waals surface area contributed by atoms with E-state index in [1.165, 1.54) is 24.1 Å². The lowest BCUT2D eigenvalue weighted by molar-refractivity contribution is -0.152. The number of esters is 1. The Morgan fingerprint density at radius 2 is 2.05 bits per heavy atom. The third-order valence-corrected chi connectivity index (χ3v) is 3.69. The fraction of sp³-hybridized carbons (Fsp3) is 0.692. The van der Waals surface area contributed by atoms with Crippen LogP contribution in [0.2, 0.25) is 0 Å². The SMILES string of the molecule is COC(=O)[C@H]1CCCCN1C(=O)C1=NN(C)C(=O)CC1. The molecule has 0 aromatic carbocycles. The van der Waals surface area contributed by atoms with E-state index < -0.39 is 6.04 Å². The van der Waals surface area contributed by atoms with Crippen LogP contribution in [0.3, 0.4) is 0 Å². The van der Waals surface area contributed by atoms with Gasteiger partial charge in [0.25, 0.3) is 5.91 Å². The molecule has 0 saturated carbocycles. The van der Waals surface area contributed by atoms with Crippen molar-refractivity contribution in [3.05, 3.63) is 0 Å². The zero-order valence-corrected chi connectivity index (χ0v) is 11.8. The summed E-state index contributed by atoms with van der Waals surface area (Å²) in [6.45, 7) is 0.523. The summed E-state index contributed by atoms with van der Waals surface area (Å²) in [5.41, 5.74) is 0.336. The maximum absolute atomic E-state index is 12.5. The van der Waals surface area contributed by atoms with Crippen molar-refractivity contribution in [1.29, 1.82) is 0 Å². The van der Waals surface area contributed by atoms with E-state index in [1.54, 1.807) is 0 Å². The molecule has 1 atom stereocenters. The zero-order valence-electron chi connectivity index (χ0n) is 11.8. The van der Waals surface area contributed by atoms with Crippen molar-refractivity contribution in [2.24, 2.45) is 5.10 Å². The van der Waals surface area contributed by atoms with Crippen LogP contribution in [0.1, 0.15) is 32.1 Å². The molecule has 2 aliphatic heterocycles. The van der Waals surface area contributed by atoms with E-state index >= 15 is 0 Å². The Hall–Kier alpha value is -1.92. The molecule has 0 aromatic rings. The highest BCUT2D eigenvalue weighted by Crippen LogP contribution is 2.20. The molecular weight excluding hydrogens is 262 g/mol. The number of carbonyl (C=O) groups excluding carboxylic acids is 3. The van der Waals surface area contributed by atoms with E-state index in [9.17, 15) is 14.4 Å². The lowest BCUT2D eigenvalue weighted by atomic mass is 10.0. The van der Waals surface area contributed by atoms with Crippen molar-refractivity contribution in [3.63, 3.8) is 0 Å². The van der Waals surface area contributed by atoms with Gasteiger partial charge in [0.05, 0.1) is 7.11 Å². The molecule has 110 valence electrons. The Morgan fingerprint density at radius 3 is 2.70 bits per heavy atom. The van der Waals surface area contributed by atoms with Crippen LogP contribution < -0.4 is 0 Å². The van der Waals surface area contributed by atoms with Gasteiger partial charge in [0, 0.05) is 26.4 Å². The zero-order chi connectivity index (χ0) is 14.7. The monoisotopic (exact) mass is 281 g/mol. The van der Waals surface area contributed by atoms with Gasteiger partial charge < -0.3 is 9.64 Å². The molecule has 0 aromatic heterocycles. The fourth-order valence-corrected chi connectivity index (χ4v) is 2.55. The van der Waals surface area contributed by atoms with Crippen LogP contribution in [0.5, 0.6) is 0 Å². The van der Waals surface area contributed by atoms with Crippen molar-refractivity contribution >= 4 is 23.5 Å². The van der Waals surface area contributed by atoms with Gasteiger partial charge in [-0.25, -0.2) is 9.80 Å². The summed E-state index contributed by atoms with van der Waals surface area (Å²) in [7, 11) is 2.85. The van der Waals surface area contributed by atoms with E-state index in [2.05, 4.69) is 5.10 Å². The molecule has 2 amide bonds. The first-order valence-corrected chi connectivity index (χ1v) is 6.77. The minimum atomic E-state index is -0.535. The van der Waals surface area contributed by atoms with Gasteiger partial charge in [0.1, 0.15) is 11.8 Å². The molecule has 1 fully saturated rings. The van der Waals surface area contributed by atoms with E-state index in [0.29, 0.717) is 25.1 Å². The number of hydrazone groups is 1. The van der Waals surface area contributed by atoms with E-state index in [-0.39, 0.29) is 24.2 Å². The van der Waals surface area contributed by atoms with Crippen LogP contribution in [0, 0.1) is 0 Å². The standard InChI is InChI=1S/C13H19N3O4/c1-15-11(17)7-6-9(14-15)12(18)16-8-4-3-5-10(16)13(19)20-2/h10H,3-8H2,1-2H3/t10-/m1/s1. The molecule has 2 rings (SSSR count). The fourth-order valence-electron chi connectivity index (χ4n) is 2.55. The lowest BCUT2D eigenvalue weighted by Gasteiger charge is -2.34. The summed E-state index contributed by atoms with van der Waals surface area (Å²) in [6, 6.07) is -0.535. The molecular formula is C13H19N3O4. The van der Waals surface area contributed by atoms with Crippen LogP contribution in [0.4, 0.5) is 0 Å². The Labute approximate surface area is 117 Å². The molecule has 0 bridgehead atoms. The van der Waals surface area contributed by atoms with Gasteiger partial charge >= 0.3 is 5.97 Å². The number of hydrogen-bond donors (Lipinski definition) is 0. The van der Waals surface area contributed by atoms with Gasteiger partial charge in [-0.2, -0.15) is 5.10 Å². The minimum Gasteiger partial charge on any atom is -0.467 e. The largest absolute Gasteiger partial charge is 0.467 e. The van der Waals surface area contributed by atoms with Gasteiger partial charge in [-0.1, -0.05) is 0 Å². The summed E-state index contributed by atoms with van der Waals surface area (Å²) in [5, 5.41) is 5.20. The highest BCUT2D eigenvalue weighted by molar-refractivity contribution is 6.39. The van der Waals surface area contributed by atoms with Crippen LogP contribution in [-0.2, 0) is 19.1 Å². The van der Waals surface area contributed by atoms with Crippen molar-refractivity contribution in [2.75, 3.05) is 20.7 Å². The molecule has 0 aliphatic carbocycles. The molecule has 20 heavy (non-hydrogen) atoms. The number of piperidine rings is 1. The van der Waals surface area contributed by atoms with Crippen molar-refractivity contribution in [1.82, 2.24) is 9.91 Å². The number of rotatable bonds is 2. The molecule has 1 saturated heterocycles. The Balaban J connectivity index is 2.16. The number of hydrogen-bond acceptors (Lipinski definition) is 5. The third-order valence-electron chi connectivity index (χ3n) is 3.69. The van der Waals surface area contributed by atoms with Crippen LogP contribution in [0.25, 0.3) is 0 Å². The van der Waals surface area contributed by atoms with Crippen LogP contribution >= 0.6 is 0 Å². The molecule has 0 N–H and O–H groups in total. The predicted molar refractivity (Wildman–Crippen MR) is 70.8 cm³/mol. The molecule has 7 nitrogen and oxygen atoms in total. The highest BCUT2D eigenvalue weighted by Gasteiger charge is 2.35. The van der Waals surface area contributed by atoms with Crippen molar-refractivity contribution < 1.29 is 19.1 Å².